The van der Waals surface area contributed by atoms with Crippen molar-refractivity contribution in [2.24, 2.45) is 0 Å². The molecule has 3 rings (SSSR count). The van der Waals surface area contributed by atoms with E-state index in [4.69, 9.17) is 0 Å². The smallest absolute Gasteiger partial charge is 0.115 e. The lowest BCUT2D eigenvalue weighted by Crippen LogP contribution is -2.22. The number of allylic oxidation sites excluding steroid dienone is 4. The van der Waals surface area contributed by atoms with Crippen molar-refractivity contribution in [3.05, 3.63) is 84.0 Å². The summed E-state index contributed by atoms with van der Waals surface area (Å²) in [5.74, 6) is 0.259. The van der Waals surface area contributed by atoms with E-state index in [1.165, 1.54) is 0 Å². The molecule has 0 saturated heterocycles. The second-order valence-electron chi connectivity index (χ2n) is 5.19. The molecule has 0 aliphatic heterocycles. The molecule has 0 amide bonds. The van der Waals surface area contributed by atoms with Crippen LogP contribution in [0.4, 0.5) is 0 Å². The summed E-state index contributed by atoms with van der Waals surface area (Å²) in [6, 6.07) is 19.4. The lowest BCUT2D eigenvalue weighted by molar-refractivity contribution is 0.475. The van der Waals surface area contributed by atoms with E-state index in [1.807, 2.05) is 54.6 Å². The van der Waals surface area contributed by atoms with Gasteiger partial charge in [0.25, 0.3) is 0 Å². The molecule has 2 aromatic rings. The molecule has 2 nitrogen and oxygen atoms in total. The topological polar surface area (TPSA) is 44.0 Å². The molecule has 1 unspecified atom stereocenters. The number of hydrogen-bond donors (Lipinski definition) is 1. The van der Waals surface area contributed by atoms with E-state index in [9.17, 15) is 10.4 Å². The van der Waals surface area contributed by atoms with Crippen LogP contribution >= 0.6 is 0 Å². The Morgan fingerprint density at radius 2 is 1.71 bits per heavy atom. The van der Waals surface area contributed by atoms with Crippen molar-refractivity contribution in [2.45, 2.75) is 11.8 Å². The van der Waals surface area contributed by atoms with E-state index >= 15 is 0 Å². The maximum atomic E-state index is 9.62. The van der Waals surface area contributed by atoms with Crippen molar-refractivity contribution in [3.8, 4) is 11.8 Å². The Morgan fingerprint density at radius 1 is 1.00 bits per heavy atom. The molecule has 0 fully saturated rings. The van der Waals surface area contributed by atoms with Crippen LogP contribution in [-0.2, 0) is 5.41 Å². The van der Waals surface area contributed by atoms with Gasteiger partial charge in [-0.1, -0.05) is 60.7 Å². The van der Waals surface area contributed by atoms with Crippen LogP contribution in [0.1, 0.15) is 17.5 Å². The van der Waals surface area contributed by atoms with Gasteiger partial charge in [-0.05, 0) is 35.3 Å². The number of phenolic OH excluding ortho intramolecular Hbond substituents is 1. The minimum absolute atomic E-state index is 0.259. The summed E-state index contributed by atoms with van der Waals surface area (Å²) in [7, 11) is 0. The minimum Gasteiger partial charge on any atom is -0.508 e. The first-order valence-corrected chi connectivity index (χ1v) is 6.89. The Labute approximate surface area is 124 Å². The third-order valence-electron chi connectivity index (χ3n) is 3.88. The van der Waals surface area contributed by atoms with Gasteiger partial charge < -0.3 is 5.11 Å². The highest BCUT2D eigenvalue weighted by Crippen LogP contribution is 2.36. The molecular weight excluding hydrogens is 258 g/mol. The van der Waals surface area contributed by atoms with Crippen LogP contribution in [0, 0.1) is 11.3 Å². The second-order valence-corrected chi connectivity index (χ2v) is 5.19. The molecule has 0 saturated carbocycles. The number of rotatable bonds is 2. The number of benzene rings is 2. The van der Waals surface area contributed by atoms with Gasteiger partial charge in [0, 0.05) is 0 Å². The third kappa shape index (κ3) is 2.46. The van der Waals surface area contributed by atoms with Crippen molar-refractivity contribution in [1.82, 2.24) is 0 Å². The molecule has 1 aliphatic carbocycles. The first-order chi connectivity index (χ1) is 10.2. The molecule has 1 atom stereocenters. The summed E-state index contributed by atoms with van der Waals surface area (Å²) in [5, 5.41) is 19.0. The van der Waals surface area contributed by atoms with Crippen LogP contribution < -0.4 is 0 Å². The number of aromatic hydroxyl groups is 1. The average Bonchev–Trinajstić information content (AvgIpc) is 2.56. The highest BCUT2D eigenvalue weighted by atomic mass is 16.3. The van der Waals surface area contributed by atoms with Gasteiger partial charge in [-0.15, -0.1) is 0 Å². The van der Waals surface area contributed by atoms with E-state index in [0.29, 0.717) is 6.42 Å². The number of nitrogens with zero attached hydrogens (tertiary/aromatic N) is 1. The Kier molecular flexibility index (Phi) is 3.33. The van der Waals surface area contributed by atoms with E-state index in [2.05, 4.69) is 12.1 Å². The van der Waals surface area contributed by atoms with Gasteiger partial charge in [0.2, 0.25) is 0 Å². The van der Waals surface area contributed by atoms with Gasteiger partial charge in [-0.2, -0.15) is 5.26 Å². The zero-order valence-electron chi connectivity index (χ0n) is 11.5. The molecule has 0 heterocycles. The molecule has 102 valence electrons. The van der Waals surface area contributed by atoms with Crippen molar-refractivity contribution in [2.75, 3.05) is 0 Å². The average molecular weight is 273 g/mol. The molecule has 2 heteroatoms. The van der Waals surface area contributed by atoms with Crippen LogP contribution in [0.5, 0.6) is 5.75 Å². The van der Waals surface area contributed by atoms with Gasteiger partial charge in [0.15, 0.2) is 0 Å². The lowest BCUT2D eigenvalue weighted by atomic mass is 9.75. The summed E-state index contributed by atoms with van der Waals surface area (Å²) in [4.78, 5) is 0. The van der Waals surface area contributed by atoms with Crippen LogP contribution in [-0.4, -0.2) is 5.11 Å². The van der Waals surface area contributed by atoms with Gasteiger partial charge in [0.05, 0.1) is 6.07 Å². The first-order valence-electron chi connectivity index (χ1n) is 6.89. The Hall–Kier alpha value is -2.79. The molecular formula is C19H15NO. The minimum atomic E-state index is -0.582. The van der Waals surface area contributed by atoms with Crippen LogP contribution in [0.2, 0.25) is 0 Å². The molecule has 21 heavy (non-hydrogen) atoms. The van der Waals surface area contributed by atoms with Crippen LogP contribution in [0.3, 0.4) is 0 Å². The van der Waals surface area contributed by atoms with Crippen molar-refractivity contribution >= 4 is 5.57 Å². The quantitative estimate of drug-likeness (QED) is 0.891. The summed E-state index contributed by atoms with van der Waals surface area (Å²) in [6.07, 6.45) is 6.71. The predicted molar refractivity (Wildman–Crippen MR) is 83.6 cm³/mol. The van der Waals surface area contributed by atoms with Crippen molar-refractivity contribution < 1.29 is 5.11 Å². The third-order valence-corrected chi connectivity index (χ3v) is 3.88. The number of hydrogen-bond acceptors (Lipinski definition) is 2. The van der Waals surface area contributed by atoms with Crippen LogP contribution in [0.15, 0.2) is 72.8 Å². The summed E-state index contributed by atoms with van der Waals surface area (Å²) in [6.45, 7) is 0. The van der Waals surface area contributed by atoms with Gasteiger partial charge >= 0.3 is 0 Å². The maximum absolute atomic E-state index is 9.62. The van der Waals surface area contributed by atoms with E-state index in [1.54, 1.807) is 12.1 Å². The zero-order valence-corrected chi connectivity index (χ0v) is 11.5. The highest BCUT2D eigenvalue weighted by Gasteiger charge is 2.30. The molecule has 1 N–H and O–H groups in total. The molecule has 2 aromatic carbocycles. The fourth-order valence-corrected chi connectivity index (χ4v) is 2.60. The summed E-state index contributed by atoms with van der Waals surface area (Å²) in [5.41, 5.74) is 2.56. The predicted octanol–water partition coefficient (Wildman–Crippen LogP) is 4.20. The molecule has 0 radical (unpaired) electrons. The standard InChI is InChI=1S/C19H15NO/c20-14-19(17-4-2-1-3-5-17)12-10-16(11-13-19)15-6-8-18(21)9-7-15/h1-12,21H,13H2. The summed E-state index contributed by atoms with van der Waals surface area (Å²) >= 11 is 0. The molecule has 1 aliphatic rings. The van der Waals surface area contributed by atoms with Crippen molar-refractivity contribution in [3.63, 3.8) is 0 Å². The van der Waals surface area contributed by atoms with Crippen LogP contribution in [0.25, 0.3) is 5.57 Å². The van der Waals surface area contributed by atoms with Gasteiger partial charge in [0.1, 0.15) is 11.2 Å². The fraction of sp³-hybridized carbons (Fsp3) is 0.105. The zero-order chi connectivity index (χ0) is 14.7. The molecule has 0 spiro atoms. The normalized spacial score (nSPS) is 20.6. The summed E-state index contributed by atoms with van der Waals surface area (Å²) < 4.78 is 0. The SMILES string of the molecule is N#CC1(c2ccccc2)C=CC(c2ccc(O)cc2)=CC1. The Bertz CT molecular complexity index is 735. The van der Waals surface area contributed by atoms with Gasteiger partial charge in [-0.25, -0.2) is 0 Å². The van der Waals surface area contributed by atoms with E-state index in [-0.39, 0.29) is 5.75 Å². The maximum Gasteiger partial charge on any atom is 0.115 e. The van der Waals surface area contributed by atoms with E-state index in [0.717, 1.165) is 16.7 Å². The number of phenols is 1. The fourth-order valence-electron chi connectivity index (χ4n) is 2.60. The largest absolute Gasteiger partial charge is 0.508 e. The number of nitriles is 1. The highest BCUT2D eigenvalue weighted by molar-refractivity contribution is 5.76. The van der Waals surface area contributed by atoms with E-state index < -0.39 is 5.41 Å². The second kappa shape index (κ2) is 5.30. The Morgan fingerprint density at radius 3 is 2.29 bits per heavy atom. The monoisotopic (exact) mass is 273 g/mol. The van der Waals surface area contributed by atoms with Gasteiger partial charge in [-0.3, -0.25) is 0 Å². The lowest BCUT2D eigenvalue weighted by Gasteiger charge is -2.25. The van der Waals surface area contributed by atoms with Crippen molar-refractivity contribution in [1.29, 1.82) is 5.26 Å². The first kappa shape index (κ1) is 13.2. The molecule has 0 bridgehead atoms. The Balaban J connectivity index is 1.91. The molecule has 0 aromatic heterocycles.